The highest BCUT2D eigenvalue weighted by Gasteiger charge is 2.27. The highest BCUT2D eigenvalue weighted by atomic mass is 16.5. The lowest BCUT2D eigenvalue weighted by atomic mass is 9.85. The lowest BCUT2D eigenvalue weighted by Gasteiger charge is -2.28. The van der Waals surface area contributed by atoms with Crippen LogP contribution in [-0.2, 0) is 23.9 Å². The molecule has 2 N–H and O–H groups in total. The van der Waals surface area contributed by atoms with Crippen molar-refractivity contribution in [2.45, 2.75) is 71.9 Å². The molecule has 1 saturated carbocycles. The summed E-state index contributed by atoms with van der Waals surface area (Å²) in [7, 11) is 0. The largest absolute Gasteiger partial charge is 0.379 e. The van der Waals surface area contributed by atoms with Gasteiger partial charge < -0.3 is 20.1 Å². The van der Waals surface area contributed by atoms with Crippen molar-refractivity contribution in [1.29, 1.82) is 0 Å². The number of carbonyl (C=O) groups is 3. The second kappa shape index (κ2) is 12.8. The van der Waals surface area contributed by atoms with Crippen LogP contribution in [0.2, 0.25) is 0 Å². The van der Waals surface area contributed by atoms with E-state index in [0.717, 1.165) is 25.7 Å². The molecule has 0 aromatic rings. The summed E-state index contributed by atoms with van der Waals surface area (Å²) in [5.41, 5.74) is 0. The van der Waals surface area contributed by atoms with E-state index in [9.17, 15) is 14.4 Å². The van der Waals surface area contributed by atoms with E-state index in [1.807, 2.05) is 27.7 Å². The van der Waals surface area contributed by atoms with E-state index in [1.165, 1.54) is 0 Å². The van der Waals surface area contributed by atoms with Crippen molar-refractivity contribution in [2.24, 2.45) is 11.8 Å². The molecule has 2 amide bonds. The molecule has 1 rings (SSSR count). The number of nitrogens with one attached hydrogen (secondary N) is 2. The summed E-state index contributed by atoms with van der Waals surface area (Å²) >= 11 is 0. The van der Waals surface area contributed by atoms with Gasteiger partial charge in [-0.1, -0.05) is 13.8 Å². The minimum Gasteiger partial charge on any atom is -0.379 e. The zero-order chi connectivity index (χ0) is 20.2. The first-order valence-electron chi connectivity index (χ1n) is 10.1. The molecule has 0 aliphatic heterocycles. The Labute approximate surface area is 165 Å². The molecular weight excluding hydrogens is 348 g/mol. The lowest BCUT2D eigenvalue weighted by molar-refractivity contribution is -0.129. The summed E-state index contributed by atoms with van der Waals surface area (Å²) in [5, 5.41) is 5.75. The van der Waals surface area contributed by atoms with Gasteiger partial charge in [0.2, 0.25) is 11.8 Å². The summed E-state index contributed by atoms with van der Waals surface area (Å²) < 4.78 is 10.8. The van der Waals surface area contributed by atoms with Crippen molar-refractivity contribution in [1.82, 2.24) is 10.6 Å². The maximum Gasteiger partial charge on any atom is 0.223 e. The van der Waals surface area contributed by atoms with Gasteiger partial charge in [0.1, 0.15) is 0 Å². The Morgan fingerprint density at radius 3 is 2.26 bits per heavy atom. The summed E-state index contributed by atoms with van der Waals surface area (Å²) in [6.07, 6.45) is 3.55. The highest BCUT2D eigenvalue weighted by molar-refractivity contribution is 5.88. The number of ether oxygens (including phenoxy) is 2. The van der Waals surface area contributed by atoms with Crippen LogP contribution in [0.5, 0.6) is 0 Å². The Morgan fingerprint density at radius 2 is 1.67 bits per heavy atom. The van der Waals surface area contributed by atoms with Gasteiger partial charge in [0.05, 0.1) is 32.5 Å². The second-order valence-electron chi connectivity index (χ2n) is 7.74. The van der Waals surface area contributed by atoms with Crippen molar-refractivity contribution in [2.75, 3.05) is 26.4 Å². The Balaban J connectivity index is 0. The molecule has 1 fully saturated rings. The predicted molar refractivity (Wildman–Crippen MR) is 107 cm³/mol. The van der Waals surface area contributed by atoms with Crippen molar-refractivity contribution in [3.8, 4) is 0 Å². The molecular formula is C20H40N2O5. The minimum absolute atomic E-state index is 0. The summed E-state index contributed by atoms with van der Waals surface area (Å²) in [6.45, 7) is 9.11. The fraction of sp³-hybridized carbons (Fsp3) is 0.850. The van der Waals surface area contributed by atoms with Crippen LogP contribution in [0.15, 0.2) is 0 Å². The Bertz CT molecular complexity index is 481. The van der Waals surface area contributed by atoms with Crippen LogP contribution in [0, 0.1) is 11.8 Å². The minimum atomic E-state index is -0.0672. The number of Topliss-reactive ketones (excluding diaryl/α,β-unsaturated/α-hetero) is 1. The number of hydrogen-bond acceptors (Lipinski definition) is 5. The lowest BCUT2D eigenvalue weighted by Crippen LogP contribution is -2.42. The summed E-state index contributed by atoms with van der Waals surface area (Å²) in [5.74, 6) is -0.159. The Kier molecular flexibility index (Phi) is 11.2. The van der Waals surface area contributed by atoms with Gasteiger partial charge in [0.15, 0.2) is 5.78 Å². The molecule has 0 aromatic heterocycles. The molecule has 7 nitrogen and oxygen atoms in total. The van der Waals surface area contributed by atoms with Crippen LogP contribution in [0.25, 0.3) is 0 Å². The van der Waals surface area contributed by atoms with Crippen molar-refractivity contribution >= 4 is 17.6 Å². The van der Waals surface area contributed by atoms with Crippen molar-refractivity contribution in [3.05, 3.63) is 0 Å². The van der Waals surface area contributed by atoms with Gasteiger partial charge in [-0.15, -0.1) is 0 Å². The van der Waals surface area contributed by atoms with E-state index in [-0.39, 0.29) is 51.0 Å². The number of carbonyl (C=O) groups excluding carboxylic acids is 3. The SMILES string of the molecule is CC(C)OCCOCCC(=O)NC1CCC(C(=O)NCC(=O)C(C)C)CC1.[HH].[HH]. The van der Waals surface area contributed by atoms with E-state index < -0.39 is 0 Å². The smallest absolute Gasteiger partial charge is 0.223 e. The average molecular weight is 389 g/mol. The van der Waals surface area contributed by atoms with Gasteiger partial charge in [0, 0.05) is 27.2 Å². The fourth-order valence-electron chi connectivity index (χ4n) is 2.93. The molecule has 0 heterocycles. The fourth-order valence-corrected chi connectivity index (χ4v) is 2.93. The van der Waals surface area contributed by atoms with Crippen LogP contribution in [0.1, 0.15) is 62.7 Å². The molecule has 27 heavy (non-hydrogen) atoms. The van der Waals surface area contributed by atoms with Gasteiger partial charge >= 0.3 is 0 Å². The van der Waals surface area contributed by atoms with Gasteiger partial charge in [-0.3, -0.25) is 14.4 Å². The van der Waals surface area contributed by atoms with E-state index >= 15 is 0 Å². The zero-order valence-electron chi connectivity index (χ0n) is 17.2. The maximum absolute atomic E-state index is 12.1. The number of ketones is 1. The Morgan fingerprint density at radius 1 is 1.00 bits per heavy atom. The molecule has 0 radical (unpaired) electrons. The molecule has 1 aliphatic rings. The number of amides is 2. The molecule has 0 bridgehead atoms. The third-order valence-corrected chi connectivity index (χ3v) is 4.70. The van der Waals surface area contributed by atoms with Gasteiger partial charge in [-0.2, -0.15) is 0 Å². The molecule has 1 aliphatic carbocycles. The summed E-state index contributed by atoms with van der Waals surface area (Å²) in [6, 6.07) is 0.114. The molecule has 0 spiro atoms. The molecule has 0 unspecified atom stereocenters. The average Bonchev–Trinajstić information content (AvgIpc) is 2.62. The monoisotopic (exact) mass is 388 g/mol. The first-order valence-corrected chi connectivity index (χ1v) is 10.1. The standard InChI is InChI=1S/C20H36N2O5.2H2/c1-14(2)18(23)13-21-20(25)16-5-7-17(8-6-16)22-19(24)9-10-26-11-12-27-15(3)4;;/h14-17H,5-13H2,1-4H3,(H,21,25)(H,22,24);2*1H. The van der Waals surface area contributed by atoms with Crippen LogP contribution in [-0.4, -0.2) is 56.1 Å². The predicted octanol–water partition coefficient (Wildman–Crippen LogP) is 2.33. The van der Waals surface area contributed by atoms with Gasteiger partial charge in [-0.25, -0.2) is 0 Å². The quantitative estimate of drug-likeness (QED) is 0.501. The molecule has 7 heteroatoms. The molecule has 0 atom stereocenters. The first-order chi connectivity index (χ1) is 12.8. The highest BCUT2D eigenvalue weighted by Crippen LogP contribution is 2.24. The normalized spacial score (nSPS) is 19.9. The van der Waals surface area contributed by atoms with E-state index in [2.05, 4.69) is 10.6 Å². The molecule has 0 aromatic carbocycles. The van der Waals surface area contributed by atoms with Crippen LogP contribution < -0.4 is 10.6 Å². The zero-order valence-corrected chi connectivity index (χ0v) is 17.2. The van der Waals surface area contributed by atoms with Crippen LogP contribution in [0.4, 0.5) is 0 Å². The van der Waals surface area contributed by atoms with Gasteiger partial charge in [-0.05, 0) is 39.5 Å². The van der Waals surface area contributed by atoms with E-state index in [0.29, 0.717) is 26.2 Å². The Hall–Kier alpha value is -1.47. The van der Waals surface area contributed by atoms with Gasteiger partial charge in [0.25, 0.3) is 0 Å². The van der Waals surface area contributed by atoms with Crippen LogP contribution in [0.3, 0.4) is 0 Å². The van der Waals surface area contributed by atoms with Crippen molar-refractivity contribution in [3.63, 3.8) is 0 Å². The van der Waals surface area contributed by atoms with E-state index in [1.54, 1.807) is 0 Å². The van der Waals surface area contributed by atoms with Crippen LogP contribution >= 0.6 is 0 Å². The van der Waals surface area contributed by atoms with Crippen molar-refractivity contribution < 1.29 is 26.7 Å². The second-order valence-corrected chi connectivity index (χ2v) is 7.74. The number of rotatable bonds is 12. The third-order valence-electron chi connectivity index (χ3n) is 4.70. The molecule has 160 valence electrons. The summed E-state index contributed by atoms with van der Waals surface area (Å²) in [4.78, 5) is 35.7. The topological polar surface area (TPSA) is 93.7 Å². The first kappa shape index (κ1) is 23.6. The maximum atomic E-state index is 12.1. The number of hydrogen-bond donors (Lipinski definition) is 2. The third kappa shape index (κ3) is 10.4. The van der Waals surface area contributed by atoms with E-state index in [4.69, 9.17) is 9.47 Å². The molecule has 0 saturated heterocycles.